The molecule has 0 aliphatic rings. The molecule has 2 aromatic rings. The molecule has 0 fully saturated rings. The standard InChI is InChI=1S/C14H14Cl2N2OS/c1-2-3-12-10(13(19)18-14(20)17-12)6-8-4-5-9(15)7-11(8)16/h4-5,7H,2-3,6H2,1H3,(H2,17,18,19,20). The van der Waals surface area contributed by atoms with E-state index in [2.05, 4.69) is 16.9 Å². The summed E-state index contributed by atoms with van der Waals surface area (Å²) < 4.78 is 0.351. The number of nitrogens with one attached hydrogen (secondary N) is 2. The number of hydrogen-bond donors (Lipinski definition) is 2. The summed E-state index contributed by atoms with van der Waals surface area (Å²) >= 11 is 17.1. The fourth-order valence-corrected chi connectivity index (χ4v) is 2.76. The molecule has 2 rings (SSSR count). The second-order valence-corrected chi connectivity index (χ2v) is 5.78. The number of H-pyrrole nitrogens is 2. The van der Waals surface area contributed by atoms with E-state index in [9.17, 15) is 4.79 Å². The lowest BCUT2D eigenvalue weighted by Crippen LogP contribution is -2.18. The highest BCUT2D eigenvalue weighted by Crippen LogP contribution is 2.23. The Bertz CT molecular complexity index is 737. The SMILES string of the molecule is CCCc1[nH]c(=S)[nH]c(=O)c1Cc1ccc(Cl)cc1Cl. The molecule has 0 amide bonds. The van der Waals surface area contributed by atoms with Crippen molar-refractivity contribution in [3.8, 4) is 0 Å². The van der Waals surface area contributed by atoms with E-state index < -0.39 is 0 Å². The van der Waals surface area contributed by atoms with Gasteiger partial charge < -0.3 is 4.98 Å². The summed E-state index contributed by atoms with van der Waals surface area (Å²) in [5.41, 5.74) is 2.24. The van der Waals surface area contributed by atoms with E-state index in [-0.39, 0.29) is 5.56 Å². The molecule has 3 nitrogen and oxygen atoms in total. The van der Waals surface area contributed by atoms with E-state index in [1.165, 1.54) is 0 Å². The molecule has 1 heterocycles. The average molecular weight is 329 g/mol. The highest BCUT2D eigenvalue weighted by molar-refractivity contribution is 7.71. The molecule has 1 aromatic heterocycles. The number of halogens is 2. The molecule has 0 bridgehead atoms. The van der Waals surface area contributed by atoms with Gasteiger partial charge in [-0.15, -0.1) is 0 Å². The summed E-state index contributed by atoms with van der Waals surface area (Å²) in [7, 11) is 0. The van der Waals surface area contributed by atoms with Crippen LogP contribution in [0.1, 0.15) is 30.2 Å². The highest BCUT2D eigenvalue weighted by Gasteiger charge is 2.11. The van der Waals surface area contributed by atoms with E-state index in [0.717, 1.165) is 24.1 Å². The van der Waals surface area contributed by atoms with Crippen molar-refractivity contribution in [3.05, 3.63) is 60.2 Å². The summed E-state index contributed by atoms with van der Waals surface area (Å²) in [6.45, 7) is 2.05. The van der Waals surface area contributed by atoms with Crippen molar-refractivity contribution in [1.29, 1.82) is 0 Å². The van der Waals surface area contributed by atoms with Gasteiger partial charge in [0.25, 0.3) is 5.56 Å². The van der Waals surface area contributed by atoms with Crippen LogP contribution in [0, 0.1) is 4.77 Å². The Morgan fingerprint density at radius 1 is 1.25 bits per heavy atom. The molecule has 0 unspecified atom stereocenters. The Hall–Kier alpha value is -1.10. The molecular weight excluding hydrogens is 315 g/mol. The van der Waals surface area contributed by atoms with Gasteiger partial charge in [-0.2, -0.15) is 0 Å². The van der Waals surface area contributed by atoms with E-state index in [1.54, 1.807) is 12.1 Å². The van der Waals surface area contributed by atoms with Crippen LogP contribution in [0.3, 0.4) is 0 Å². The lowest BCUT2D eigenvalue weighted by molar-refractivity contribution is 0.833. The first-order chi connectivity index (χ1) is 9.51. The smallest absolute Gasteiger partial charge is 0.255 e. The molecule has 0 aliphatic carbocycles. The first kappa shape index (κ1) is 15.3. The molecule has 0 spiro atoms. The van der Waals surface area contributed by atoms with Crippen molar-refractivity contribution >= 4 is 35.4 Å². The van der Waals surface area contributed by atoms with Crippen molar-refractivity contribution in [3.63, 3.8) is 0 Å². The topological polar surface area (TPSA) is 48.6 Å². The van der Waals surface area contributed by atoms with Crippen LogP contribution in [0.2, 0.25) is 10.0 Å². The minimum absolute atomic E-state index is 0.164. The van der Waals surface area contributed by atoms with Gasteiger partial charge in [-0.05, 0) is 36.3 Å². The third-order valence-electron chi connectivity index (χ3n) is 3.01. The Balaban J connectivity index is 2.47. The van der Waals surface area contributed by atoms with Gasteiger partial charge in [0.2, 0.25) is 0 Å². The molecule has 0 saturated heterocycles. The summed E-state index contributed by atoms with van der Waals surface area (Å²) in [4.78, 5) is 17.8. The van der Waals surface area contributed by atoms with Crippen molar-refractivity contribution in [2.45, 2.75) is 26.2 Å². The van der Waals surface area contributed by atoms with Crippen LogP contribution >= 0.6 is 35.4 Å². The van der Waals surface area contributed by atoms with Crippen molar-refractivity contribution < 1.29 is 0 Å². The number of benzene rings is 1. The molecular formula is C14H14Cl2N2OS. The number of aryl methyl sites for hydroxylation is 1. The molecule has 6 heteroatoms. The molecule has 0 atom stereocenters. The van der Waals surface area contributed by atoms with E-state index in [1.807, 2.05) is 6.07 Å². The monoisotopic (exact) mass is 328 g/mol. The van der Waals surface area contributed by atoms with Gasteiger partial charge in [0, 0.05) is 27.7 Å². The highest BCUT2D eigenvalue weighted by atomic mass is 35.5. The van der Waals surface area contributed by atoms with Gasteiger partial charge in [-0.1, -0.05) is 42.6 Å². The number of rotatable bonds is 4. The summed E-state index contributed by atoms with van der Waals surface area (Å²) in [5.74, 6) is 0. The average Bonchev–Trinajstić information content (AvgIpc) is 2.36. The molecule has 20 heavy (non-hydrogen) atoms. The Morgan fingerprint density at radius 3 is 2.65 bits per heavy atom. The van der Waals surface area contributed by atoms with Crippen LogP contribution in [0.15, 0.2) is 23.0 Å². The number of aromatic amines is 2. The van der Waals surface area contributed by atoms with Crippen LogP contribution in [0.25, 0.3) is 0 Å². The third-order valence-corrected chi connectivity index (χ3v) is 3.80. The summed E-state index contributed by atoms with van der Waals surface area (Å²) in [6, 6.07) is 5.28. The van der Waals surface area contributed by atoms with E-state index in [0.29, 0.717) is 26.8 Å². The van der Waals surface area contributed by atoms with Gasteiger partial charge in [0.1, 0.15) is 0 Å². The zero-order chi connectivity index (χ0) is 14.7. The zero-order valence-corrected chi connectivity index (χ0v) is 13.3. The zero-order valence-electron chi connectivity index (χ0n) is 10.9. The predicted octanol–water partition coefficient (Wildman–Crippen LogP) is 4.28. The number of hydrogen-bond acceptors (Lipinski definition) is 2. The first-order valence-corrected chi connectivity index (χ1v) is 7.46. The third kappa shape index (κ3) is 3.51. The molecule has 0 saturated carbocycles. The lowest BCUT2D eigenvalue weighted by Gasteiger charge is -2.09. The second-order valence-electron chi connectivity index (χ2n) is 4.53. The van der Waals surface area contributed by atoms with E-state index in [4.69, 9.17) is 35.4 Å². The normalized spacial score (nSPS) is 10.8. The predicted molar refractivity (Wildman–Crippen MR) is 85.5 cm³/mol. The first-order valence-electron chi connectivity index (χ1n) is 6.29. The van der Waals surface area contributed by atoms with Crippen LogP contribution in [-0.2, 0) is 12.8 Å². The van der Waals surface area contributed by atoms with Crippen molar-refractivity contribution in [2.24, 2.45) is 0 Å². The maximum atomic E-state index is 12.1. The quantitative estimate of drug-likeness (QED) is 0.823. The van der Waals surface area contributed by atoms with Crippen LogP contribution in [0.4, 0.5) is 0 Å². The van der Waals surface area contributed by atoms with Crippen LogP contribution < -0.4 is 5.56 Å². The van der Waals surface area contributed by atoms with Gasteiger partial charge >= 0.3 is 0 Å². The minimum atomic E-state index is -0.164. The van der Waals surface area contributed by atoms with Crippen molar-refractivity contribution in [1.82, 2.24) is 9.97 Å². The number of aromatic nitrogens is 2. The molecule has 2 N–H and O–H groups in total. The summed E-state index contributed by atoms with van der Waals surface area (Å²) in [5, 5.41) is 1.13. The van der Waals surface area contributed by atoms with Crippen molar-refractivity contribution in [2.75, 3.05) is 0 Å². The maximum absolute atomic E-state index is 12.1. The molecule has 0 aliphatic heterocycles. The molecule has 106 valence electrons. The summed E-state index contributed by atoms with van der Waals surface area (Å²) in [6.07, 6.45) is 2.15. The maximum Gasteiger partial charge on any atom is 0.255 e. The van der Waals surface area contributed by atoms with Gasteiger partial charge in [0.05, 0.1) is 0 Å². The van der Waals surface area contributed by atoms with Crippen LogP contribution in [-0.4, -0.2) is 9.97 Å². The molecule has 0 radical (unpaired) electrons. The van der Waals surface area contributed by atoms with Crippen LogP contribution in [0.5, 0.6) is 0 Å². The fraction of sp³-hybridized carbons (Fsp3) is 0.286. The fourth-order valence-electron chi connectivity index (χ4n) is 2.07. The lowest BCUT2D eigenvalue weighted by atomic mass is 10.0. The Morgan fingerprint density at radius 2 is 2.00 bits per heavy atom. The van der Waals surface area contributed by atoms with Gasteiger partial charge in [-0.25, -0.2) is 0 Å². The van der Waals surface area contributed by atoms with Gasteiger partial charge in [-0.3, -0.25) is 9.78 Å². The van der Waals surface area contributed by atoms with E-state index >= 15 is 0 Å². The van der Waals surface area contributed by atoms with Gasteiger partial charge in [0.15, 0.2) is 4.77 Å². The Labute approximate surface area is 132 Å². The minimum Gasteiger partial charge on any atom is -0.336 e. The molecule has 1 aromatic carbocycles. The largest absolute Gasteiger partial charge is 0.336 e. The second kappa shape index (κ2) is 6.57. The Kier molecular flexibility index (Phi) is 5.02.